The van der Waals surface area contributed by atoms with Gasteiger partial charge >= 0.3 is 0 Å². The summed E-state index contributed by atoms with van der Waals surface area (Å²) in [6.07, 6.45) is 1.38. The van der Waals surface area contributed by atoms with Crippen LogP contribution < -0.4 is 4.74 Å². The minimum absolute atomic E-state index is 0.0881. The molecule has 2 aromatic carbocycles. The van der Waals surface area contributed by atoms with Crippen LogP contribution in [0.2, 0.25) is 5.02 Å². The number of ether oxygens (including phenoxy) is 1. The number of carbonyl (C=O) groups excluding carboxylic acids is 1. The molecule has 4 rings (SSSR count). The molecule has 0 unspecified atom stereocenters. The maximum atomic E-state index is 13.5. The van der Waals surface area contributed by atoms with Crippen molar-refractivity contribution in [1.29, 1.82) is 0 Å². The normalized spacial score (nSPS) is 14.8. The van der Waals surface area contributed by atoms with Gasteiger partial charge in [0.15, 0.2) is 5.82 Å². The van der Waals surface area contributed by atoms with Gasteiger partial charge in [0.2, 0.25) is 0 Å². The molecule has 0 saturated carbocycles. The van der Waals surface area contributed by atoms with Crippen LogP contribution in [0.25, 0.3) is 11.5 Å². The van der Waals surface area contributed by atoms with E-state index in [-0.39, 0.29) is 22.4 Å². The van der Waals surface area contributed by atoms with E-state index >= 15 is 0 Å². The maximum absolute atomic E-state index is 13.5. The molecule has 0 radical (unpaired) electrons. The van der Waals surface area contributed by atoms with Crippen molar-refractivity contribution in [1.82, 2.24) is 15.0 Å². The number of benzene rings is 2. The topological polar surface area (TPSA) is 68.5 Å². The van der Waals surface area contributed by atoms with E-state index in [4.69, 9.17) is 20.9 Å². The predicted octanol–water partition coefficient (Wildman–Crippen LogP) is 4.56. The molecule has 8 heteroatoms. The average Bonchev–Trinajstić information content (AvgIpc) is 3.25. The summed E-state index contributed by atoms with van der Waals surface area (Å²) in [5.41, 5.74) is 0.974. The molecule has 0 aliphatic carbocycles. The minimum Gasteiger partial charge on any atom is -0.497 e. The van der Waals surface area contributed by atoms with Crippen molar-refractivity contribution in [2.75, 3.05) is 20.2 Å². The lowest BCUT2D eigenvalue weighted by atomic mass is 9.95. The molecule has 29 heavy (non-hydrogen) atoms. The number of piperidine rings is 1. The first-order chi connectivity index (χ1) is 14.0. The molecule has 0 bridgehead atoms. The molecule has 3 aromatic rings. The van der Waals surface area contributed by atoms with Gasteiger partial charge in [-0.3, -0.25) is 4.79 Å². The van der Waals surface area contributed by atoms with Crippen LogP contribution >= 0.6 is 11.6 Å². The smallest absolute Gasteiger partial charge is 0.258 e. The molecular weight excluding hydrogens is 397 g/mol. The van der Waals surface area contributed by atoms with E-state index in [1.807, 2.05) is 24.3 Å². The van der Waals surface area contributed by atoms with Gasteiger partial charge in [0.1, 0.15) is 11.6 Å². The Kier molecular flexibility index (Phi) is 5.49. The fourth-order valence-corrected chi connectivity index (χ4v) is 3.64. The molecule has 1 fully saturated rings. The molecule has 1 aliphatic heterocycles. The first-order valence-corrected chi connectivity index (χ1v) is 9.65. The number of halogens is 2. The fraction of sp³-hybridized carbons (Fsp3) is 0.286. The van der Waals surface area contributed by atoms with Gasteiger partial charge in [0, 0.05) is 24.6 Å². The molecule has 0 N–H and O–H groups in total. The highest BCUT2D eigenvalue weighted by Crippen LogP contribution is 2.30. The Morgan fingerprint density at radius 1 is 1.24 bits per heavy atom. The zero-order valence-corrected chi connectivity index (χ0v) is 16.5. The number of carbonyl (C=O) groups is 1. The van der Waals surface area contributed by atoms with E-state index in [1.165, 1.54) is 18.2 Å². The summed E-state index contributed by atoms with van der Waals surface area (Å²) < 4.78 is 24.1. The third kappa shape index (κ3) is 4.10. The van der Waals surface area contributed by atoms with Gasteiger partial charge < -0.3 is 14.2 Å². The van der Waals surface area contributed by atoms with Crippen molar-refractivity contribution in [3.63, 3.8) is 0 Å². The SMILES string of the molecule is COc1cccc(-c2nc(C3CCN(C(=O)c4cc(F)ccc4Cl)CC3)no2)c1. The maximum Gasteiger partial charge on any atom is 0.258 e. The van der Waals surface area contributed by atoms with Crippen molar-refractivity contribution in [2.24, 2.45) is 0 Å². The van der Waals surface area contributed by atoms with E-state index in [9.17, 15) is 9.18 Å². The van der Waals surface area contributed by atoms with Crippen molar-refractivity contribution in [3.8, 4) is 17.2 Å². The fourth-order valence-electron chi connectivity index (χ4n) is 3.45. The van der Waals surface area contributed by atoms with Crippen LogP contribution in [0.4, 0.5) is 4.39 Å². The van der Waals surface area contributed by atoms with Crippen LogP contribution in [0.5, 0.6) is 5.75 Å². The van der Waals surface area contributed by atoms with Crippen molar-refractivity contribution in [3.05, 3.63) is 64.7 Å². The number of nitrogens with zero attached hydrogens (tertiary/aromatic N) is 3. The van der Waals surface area contributed by atoms with Gasteiger partial charge in [-0.1, -0.05) is 22.8 Å². The first-order valence-electron chi connectivity index (χ1n) is 9.27. The van der Waals surface area contributed by atoms with Gasteiger partial charge in [-0.05, 0) is 49.2 Å². The molecule has 1 aromatic heterocycles. The van der Waals surface area contributed by atoms with E-state index in [1.54, 1.807) is 12.0 Å². The van der Waals surface area contributed by atoms with Crippen LogP contribution in [0.1, 0.15) is 34.9 Å². The lowest BCUT2D eigenvalue weighted by molar-refractivity contribution is 0.0710. The summed E-state index contributed by atoms with van der Waals surface area (Å²) >= 11 is 6.06. The van der Waals surface area contributed by atoms with E-state index in [2.05, 4.69) is 10.1 Å². The van der Waals surface area contributed by atoms with E-state index < -0.39 is 5.82 Å². The highest BCUT2D eigenvalue weighted by molar-refractivity contribution is 6.33. The van der Waals surface area contributed by atoms with Gasteiger partial charge in [0.25, 0.3) is 11.8 Å². The number of amides is 1. The highest BCUT2D eigenvalue weighted by Gasteiger charge is 2.28. The van der Waals surface area contributed by atoms with Crippen molar-refractivity contribution in [2.45, 2.75) is 18.8 Å². The second-order valence-corrected chi connectivity index (χ2v) is 7.29. The number of hydrogen-bond acceptors (Lipinski definition) is 5. The van der Waals surface area contributed by atoms with Crippen molar-refractivity contribution >= 4 is 17.5 Å². The van der Waals surface area contributed by atoms with Gasteiger partial charge in [-0.2, -0.15) is 4.98 Å². The van der Waals surface area contributed by atoms with E-state index in [0.717, 1.165) is 5.56 Å². The zero-order chi connectivity index (χ0) is 20.4. The van der Waals surface area contributed by atoms with Crippen LogP contribution in [-0.2, 0) is 0 Å². The summed E-state index contributed by atoms with van der Waals surface area (Å²) in [4.78, 5) is 18.9. The minimum atomic E-state index is -0.482. The Morgan fingerprint density at radius 2 is 2.03 bits per heavy atom. The van der Waals surface area contributed by atoms with Crippen LogP contribution in [-0.4, -0.2) is 41.1 Å². The summed E-state index contributed by atoms with van der Waals surface area (Å²) in [5, 5.41) is 4.37. The third-order valence-corrected chi connectivity index (χ3v) is 5.39. The van der Waals surface area contributed by atoms with Crippen molar-refractivity contribution < 1.29 is 18.4 Å². The second kappa shape index (κ2) is 8.21. The number of likely N-dealkylation sites (tertiary alicyclic amines) is 1. The lowest BCUT2D eigenvalue weighted by Crippen LogP contribution is -2.38. The Labute approximate surface area is 172 Å². The molecule has 0 spiro atoms. The van der Waals surface area contributed by atoms with Gasteiger partial charge in [-0.15, -0.1) is 0 Å². The Balaban J connectivity index is 1.43. The third-order valence-electron chi connectivity index (χ3n) is 5.06. The highest BCUT2D eigenvalue weighted by atomic mass is 35.5. The quantitative estimate of drug-likeness (QED) is 0.625. The Morgan fingerprint density at radius 3 is 2.79 bits per heavy atom. The summed E-state index contributed by atoms with van der Waals surface area (Å²) in [6, 6.07) is 11.2. The molecule has 2 heterocycles. The Hall–Kier alpha value is -2.93. The summed E-state index contributed by atoms with van der Waals surface area (Å²) in [5.74, 6) is 1.11. The van der Waals surface area contributed by atoms with Crippen LogP contribution in [0.15, 0.2) is 47.0 Å². The molecule has 1 amide bonds. The predicted molar refractivity (Wildman–Crippen MR) is 106 cm³/mol. The lowest BCUT2D eigenvalue weighted by Gasteiger charge is -2.30. The number of rotatable bonds is 4. The monoisotopic (exact) mass is 415 g/mol. The molecule has 6 nitrogen and oxygen atoms in total. The molecule has 1 saturated heterocycles. The van der Waals surface area contributed by atoms with Gasteiger partial charge in [-0.25, -0.2) is 4.39 Å². The number of aromatic nitrogens is 2. The molecule has 150 valence electrons. The number of methoxy groups -OCH3 is 1. The molecular formula is C21H19ClFN3O3. The molecule has 0 atom stereocenters. The first kappa shape index (κ1) is 19.4. The van der Waals surface area contributed by atoms with Crippen LogP contribution in [0.3, 0.4) is 0 Å². The summed E-state index contributed by atoms with van der Waals surface area (Å²) in [6.45, 7) is 1.03. The second-order valence-electron chi connectivity index (χ2n) is 6.88. The Bertz CT molecular complexity index is 1030. The molecule has 1 aliphatic rings. The zero-order valence-electron chi connectivity index (χ0n) is 15.8. The summed E-state index contributed by atoms with van der Waals surface area (Å²) in [7, 11) is 1.60. The standard InChI is InChI=1S/C21H19ClFN3O3/c1-28-16-4-2-3-14(11-16)20-24-19(25-29-20)13-7-9-26(10-8-13)21(27)17-12-15(23)5-6-18(17)22/h2-6,11-13H,7-10H2,1H3. The average molecular weight is 416 g/mol. The van der Waals surface area contributed by atoms with Crippen LogP contribution in [0, 0.1) is 5.82 Å². The van der Waals surface area contributed by atoms with Gasteiger partial charge in [0.05, 0.1) is 17.7 Å². The van der Waals surface area contributed by atoms with E-state index in [0.29, 0.717) is 43.4 Å². The number of hydrogen-bond donors (Lipinski definition) is 0. The largest absolute Gasteiger partial charge is 0.497 e.